The lowest BCUT2D eigenvalue weighted by molar-refractivity contribution is -0.137. The van der Waals surface area contributed by atoms with Gasteiger partial charge in [-0.1, -0.05) is 18.2 Å². The van der Waals surface area contributed by atoms with Crippen LogP contribution in [0.1, 0.15) is 15.9 Å². The van der Waals surface area contributed by atoms with E-state index in [-0.39, 0.29) is 22.7 Å². The van der Waals surface area contributed by atoms with Gasteiger partial charge in [-0.2, -0.15) is 13.2 Å². The molecule has 144 valence electrons. The van der Waals surface area contributed by atoms with Gasteiger partial charge < -0.3 is 20.1 Å². The number of hydrogen-bond acceptors (Lipinski definition) is 4. The Morgan fingerprint density at radius 2 is 1.56 bits per heavy atom. The molecule has 0 spiro atoms. The number of amides is 2. The van der Waals surface area contributed by atoms with Crippen molar-refractivity contribution in [2.45, 2.75) is 6.18 Å². The zero-order valence-electron chi connectivity index (χ0n) is 14.5. The Labute approximate surface area is 153 Å². The van der Waals surface area contributed by atoms with Crippen LogP contribution in [0.3, 0.4) is 0 Å². The quantitative estimate of drug-likeness (QED) is 0.805. The molecule has 0 radical (unpaired) electrons. The van der Waals surface area contributed by atoms with Gasteiger partial charge in [0.25, 0.3) is 5.91 Å². The average molecular weight is 382 g/mol. The predicted octanol–water partition coefficient (Wildman–Crippen LogP) is 3.09. The third-order valence-corrected chi connectivity index (χ3v) is 3.57. The molecule has 0 atom stereocenters. The van der Waals surface area contributed by atoms with E-state index in [1.807, 2.05) is 0 Å². The van der Waals surface area contributed by atoms with Gasteiger partial charge in [0.1, 0.15) is 17.1 Å². The van der Waals surface area contributed by atoms with Crippen molar-refractivity contribution in [3.8, 4) is 11.5 Å². The highest BCUT2D eigenvalue weighted by Gasteiger charge is 2.33. The Morgan fingerprint density at radius 3 is 2.11 bits per heavy atom. The number of halogens is 3. The van der Waals surface area contributed by atoms with Crippen molar-refractivity contribution < 1.29 is 32.2 Å². The summed E-state index contributed by atoms with van der Waals surface area (Å²) in [4.78, 5) is 24.3. The van der Waals surface area contributed by atoms with E-state index in [2.05, 4.69) is 10.6 Å². The van der Waals surface area contributed by atoms with E-state index in [1.54, 1.807) is 6.07 Å². The second-order valence-corrected chi connectivity index (χ2v) is 5.31. The van der Waals surface area contributed by atoms with Crippen LogP contribution in [0.4, 0.5) is 18.9 Å². The van der Waals surface area contributed by atoms with Gasteiger partial charge in [-0.05, 0) is 24.3 Å². The summed E-state index contributed by atoms with van der Waals surface area (Å²) in [6.07, 6.45) is -4.61. The highest BCUT2D eigenvalue weighted by molar-refractivity contribution is 6.02. The molecule has 2 aromatic carbocycles. The summed E-state index contributed by atoms with van der Waals surface area (Å²) in [6.45, 7) is -0.535. The lowest BCUT2D eigenvalue weighted by Crippen LogP contribution is -2.33. The second-order valence-electron chi connectivity index (χ2n) is 5.31. The highest BCUT2D eigenvalue weighted by atomic mass is 19.4. The molecule has 2 amide bonds. The van der Waals surface area contributed by atoms with Crippen LogP contribution in [0, 0.1) is 0 Å². The van der Waals surface area contributed by atoms with E-state index >= 15 is 0 Å². The first kappa shape index (κ1) is 20.1. The molecule has 2 rings (SSSR count). The maximum atomic E-state index is 13.0. The smallest absolute Gasteiger partial charge is 0.418 e. The molecule has 27 heavy (non-hydrogen) atoms. The Bertz CT molecular complexity index is 815. The lowest BCUT2D eigenvalue weighted by Gasteiger charge is -2.15. The van der Waals surface area contributed by atoms with Crippen LogP contribution in [0.15, 0.2) is 42.5 Å². The summed E-state index contributed by atoms with van der Waals surface area (Å²) in [7, 11) is 2.73. The molecule has 2 aromatic rings. The monoisotopic (exact) mass is 382 g/mol. The maximum Gasteiger partial charge on any atom is 0.418 e. The van der Waals surface area contributed by atoms with Gasteiger partial charge in [-0.15, -0.1) is 0 Å². The van der Waals surface area contributed by atoms with Crippen LogP contribution in [0.25, 0.3) is 0 Å². The molecule has 0 heterocycles. The van der Waals surface area contributed by atoms with Crippen LogP contribution in [-0.2, 0) is 11.0 Å². The zero-order chi connectivity index (χ0) is 20.0. The summed E-state index contributed by atoms with van der Waals surface area (Å²) < 4.78 is 49.1. The van der Waals surface area contributed by atoms with Gasteiger partial charge in [0.15, 0.2) is 0 Å². The molecule has 0 aromatic heterocycles. The van der Waals surface area contributed by atoms with Crippen molar-refractivity contribution in [2.75, 3.05) is 26.1 Å². The maximum absolute atomic E-state index is 13.0. The lowest BCUT2D eigenvalue weighted by atomic mass is 10.1. The third kappa shape index (κ3) is 4.90. The molecule has 0 bridgehead atoms. The van der Waals surface area contributed by atoms with Crippen molar-refractivity contribution in [3.63, 3.8) is 0 Å². The van der Waals surface area contributed by atoms with Crippen LogP contribution < -0.4 is 20.1 Å². The molecule has 0 unspecified atom stereocenters. The standard InChI is InChI=1S/C18H17F3N2O4/c1-26-13-8-5-9-14(27-2)16(13)17(25)22-10-15(24)23-12-7-4-3-6-11(12)18(19,20)21/h3-9H,10H2,1-2H3,(H,22,25)(H,23,24). The number of carbonyl (C=O) groups excluding carboxylic acids is 2. The summed E-state index contributed by atoms with van der Waals surface area (Å²) in [5.41, 5.74) is -1.29. The topological polar surface area (TPSA) is 76.7 Å². The largest absolute Gasteiger partial charge is 0.496 e. The Balaban J connectivity index is 2.08. The molecule has 0 aliphatic heterocycles. The summed E-state index contributed by atoms with van der Waals surface area (Å²) in [5, 5.41) is 4.48. The molecule has 6 nitrogen and oxygen atoms in total. The number of methoxy groups -OCH3 is 2. The number of hydrogen-bond donors (Lipinski definition) is 2. The van der Waals surface area contributed by atoms with E-state index < -0.39 is 30.1 Å². The molecule has 0 saturated heterocycles. The Hall–Kier alpha value is -3.23. The fraction of sp³-hybridized carbons (Fsp3) is 0.222. The first-order chi connectivity index (χ1) is 12.8. The predicted molar refractivity (Wildman–Crippen MR) is 92.0 cm³/mol. The number of benzene rings is 2. The van der Waals surface area contributed by atoms with E-state index in [4.69, 9.17) is 9.47 Å². The minimum Gasteiger partial charge on any atom is -0.496 e. The molecule has 2 N–H and O–H groups in total. The number of nitrogens with one attached hydrogen (secondary N) is 2. The SMILES string of the molecule is COc1cccc(OC)c1C(=O)NCC(=O)Nc1ccccc1C(F)(F)F. The van der Waals surface area contributed by atoms with Crippen molar-refractivity contribution in [1.82, 2.24) is 5.32 Å². The first-order valence-corrected chi connectivity index (χ1v) is 7.73. The van der Waals surface area contributed by atoms with Crippen molar-refractivity contribution in [3.05, 3.63) is 53.6 Å². The number of carbonyl (C=O) groups is 2. The highest BCUT2D eigenvalue weighted by Crippen LogP contribution is 2.34. The number of ether oxygens (including phenoxy) is 2. The number of rotatable bonds is 6. The average Bonchev–Trinajstić information content (AvgIpc) is 2.64. The van der Waals surface area contributed by atoms with Crippen LogP contribution in [-0.4, -0.2) is 32.6 Å². The molecule has 0 aliphatic rings. The minimum absolute atomic E-state index is 0.0750. The fourth-order valence-corrected chi connectivity index (χ4v) is 2.36. The third-order valence-electron chi connectivity index (χ3n) is 3.57. The van der Waals surface area contributed by atoms with E-state index in [1.165, 1.54) is 38.5 Å². The summed E-state index contributed by atoms with van der Waals surface area (Å²) in [5.74, 6) is -1.01. The number of alkyl halides is 3. The number of para-hydroxylation sites is 1. The van der Waals surface area contributed by atoms with Gasteiger partial charge in [-0.25, -0.2) is 0 Å². The van der Waals surface area contributed by atoms with E-state index in [9.17, 15) is 22.8 Å². The van der Waals surface area contributed by atoms with Crippen molar-refractivity contribution in [2.24, 2.45) is 0 Å². The summed E-state index contributed by atoms with van der Waals surface area (Å²) >= 11 is 0. The molecular formula is C18H17F3N2O4. The molecule has 0 saturated carbocycles. The van der Waals surface area contributed by atoms with Gasteiger partial charge >= 0.3 is 6.18 Å². The fourth-order valence-electron chi connectivity index (χ4n) is 2.36. The second kappa shape index (κ2) is 8.43. The molecule has 0 aliphatic carbocycles. The zero-order valence-corrected chi connectivity index (χ0v) is 14.5. The first-order valence-electron chi connectivity index (χ1n) is 7.73. The van der Waals surface area contributed by atoms with Crippen LogP contribution in [0.5, 0.6) is 11.5 Å². The van der Waals surface area contributed by atoms with E-state index in [0.717, 1.165) is 12.1 Å². The Kier molecular flexibility index (Phi) is 6.27. The number of anilines is 1. The van der Waals surface area contributed by atoms with Gasteiger partial charge in [0, 0.05) is 0 Å². The van der Waals surface area contributed by atoms with Crippen LogP contribution in [0.2, 0.25) is 0 Å². The normalized spacial score (nSPS) is 10.9. The Morgan fingerprint density at radius 1 is 0.963 bits per heavy atom. The van der Waals surface area contributed by atoms with Gasteiger partial charge in [0.05, 0.1) is 32.0 Å². The van der Waals surface area contributed by atoms with Crippen LogP contribution >= 0.6 is 0 Å². The molecule has 0 fully saturated rings. The molecule has 9 heteroatoms. The van der Waals surface area contributed by atoms with Crippen molar-refractivity contribution >= 4 is 17.5 Å². The van der Waals surface area contributed by atoms with Gasteiger partial charge in [-0.3, -0.25) is 9.59 Å². The molecular weight excluding hydrogens is 365 g/mol. The van der Waals surface area contributed by atoms with E-state index in [0.29, 0.717) is 0 Å². The summed E-state index contributed by atoms with van der Waals surface area (Å²) in [6, 6.07) is 9.26. The minimum atomic E-state index is -4.61. The van der Waals surface area contributed by atoms with Crippen molar-refractivity contribution in [1.29, 1.82) is 0 Å². The van der Waals surface area contributed by atoms with Gasteiger partial charge in [0.2, 0.25) is 5.91 Å².